The Morgan fingerprint density at radius 1 is 0.925 bits per heavy atom. The number of nitrogens with zero attached hydrogens (tertiary/aromatic N) is 5. The molecule has 3 unspecified atom stereocenters. The molecule has 1 saturated heterocycles. The second kappa shape index (κ2) is 24.3. The van der Waals surface area contributed by atoms with E-state index in [9.17, 15) is 68.1 Å². The van der Waals surface area contributed by atoms with Gasteiger partial charge in [-0.25, -0.2) is 33.4 Å². The summed E-state index contributed by atoms with van der Waals surface area (Å²) in [6, 6.07) is 16.1. The molecule has 8 rings (SSSR count). The van der Waals surface area contributed by atoms with Gasteiger partial charge in [0.05, 0.1) is 47.7 Å². The van der Waals surface area contributed by atoms with Gasteiger partial charge in [-0.2, -0.15) is 8.62 Å². The standard InChI is InChI=1S/C48H47N8O21P3/c1-26(54-45-44-46(52-24-51-45)55(25-53-44)42-22-37(59)40(75-42)23-73-79(69,70)77-80(71,72)76-78(66,67)68)31-12-8-27(18-36(31)56(64)65)6-5-17-49-41(60)7-3-2-4-16-50-47(61)28-9-13-32(48(62)63)35(19-28)43-33-14-10-29(57)20-38(33)74-39-21-30(58)11-15-34(39)43/h8-15,18-21,24-26,37,40,42,57,59H,2-4,7,16-17,22-23H2,1H3,(H,49,60)(H,50,61)(H,62,63)(H,69,70)(H,71,72)(H,51,52,54)(H2,66,67,68)/t26?,37-,40-,42-/m1/s1. The Labute approximate surface area is 450 Å². The molecule has 32 heteroatoms. The van der Waals surface area contributed by atoms with Crippen molar-refractivity contribution in [2.75, 3.05) is 25.0 Å². The molecular formula is C48H47N8O21P3. The number of unbranched alkanes of at least 4 members (excludes halogenated alkanes) is 2. The van der Waals surface area contributed by atoms with Crippen molar-refractivity contribution < 1.29 is 90.2 Å². The monoisotopic (exact) mass is 1160 g/mol. The van der Waals surface area contributed by atoms with Gasteiger partial charge in [-0.15, -0.1) is 0 Å². The lowest BCUT2D eigenvalue weighted by Crippen LogP contribution is -2.26. The zero-order valence-electron chi connectivity index (χ0n) is 41.5. The molecule has 6 atom stereocenters. The summed E-state index contributed by atoms with van der Waals surface area (Å²) in [4.78, 5) is 112. The number of aliphatic hydroxyl groups excluding tert-OH is 1. The van der Waals surface area contributed by atoms with Crippen LogP contribution in [0.15, 0.2) is 94.7 Å². The summed E-state index contributed by atoms with van der Waals surface area (Å²) in [7, 11) is -16.9. The molecule has 0 bridgehead atoms. The van der Waals surface area contributed by atoms with E-state index in [0.29, 0.717) is 41.3 Å². The number of carbonyl (C=O) groups is 3. The van der Waals surface area contributed by atoms with Crippen molar-refractivity contribution in [2.45, 2.75) is 63.5 Å². The number of phenolic OH excluding ortho intramolecular Hbond substituents is 1. The number of aliphatic hydroxyl groups is 1. The summed E-state index contributed by atoms with van der Waals surface area (Å²) in [5, 5.41) is 52.2. The second-order valence-electron chi connectivity index (χ2n) is 17.8. The summed E-state index contributed by atoms with van der Waals surface area (Å²) in [6.45, 7) is 0.925. The van der Waals surface area contributed by atoms with Gasteiger partial charge in [0, 0.05) is 65.2 Å². The van der Waals surface area contributed by atoms with Crippen LogP contribution in [0.5, 0.6) is 5.75 Å². The Morgan fingerprint density at radius 2 is 1.71 bits per heavy atom. The minimum absolute atomic E-state index is 0.0551. The minimum Gasteiger partial charge on any atom is -0.508 e. The molecule has 2 aromatic heterocycles. The van der Waals surface area contributed by atoms with Gasteiger partial charge in [0.25, 0.3) is 11.6 Å². The molecule has 3 aromatic carbocycles. The van der Waals surface area contributed by atoms with Crippen molar-refractivity contribution in [1.29, 1.82) is 0 Å². The van der Waals surface area contributed by atoms with E-state index in [2.05, 4.69) is 55.9 Å². The van der Waals surface area contributed by atoms with Crippen LogP contribution in [0.3, 0.4) is 0 Å². The average Bonchev–Trinajstić information content (AvgIpc) is 4.09. The van der Waals surface area contributed by atoms with Crippen molar-refractivity contribution in [3.05, 3.63) is 128 Å². The maximum Gasteiger partial charge on any atom is 0.490 e. The van der Waals surface area contributed by atoms with Gasteiger partial charge in [0.1, 0.15) is 35.8 Å². The number of phosphoric ester groups is 1. The number of ether oxygens (including phenoxy) is 1. The Kier molecular flexibility index (Phi) is 17.7. The quantitative estimate of drug-likeness (QED) is 0.00980. The van der Waals surface area contributed by atoms with Gasteiger partial charge in [-0.05, 0) is 79.9 Å². The Morgan fingerprint density at radius 3 is 2.46 bits per heavy atom. The normalized spacial score (nSPS) is 17.2. The zero-order chi connectivity index (χ0) is 57.7. The number of carboxylic acids is 1. The van der Waals surface area contributed by atoms with Crippen LogP contribution in [0.2, 0.25) is 0 Å². The summed E-state index contributed by atoms with van der Waals surface area (Å²) < 4.78 is 59.8. The van der Waals surface area contributed by atoms with Crippen molar-refractivity contribution in [3.63, 3.8) is 0 Å². The number of carboxylic acid groups (broad SMARTS) is 1. The van der Waals surface area contributed by atoms with Gasteiger partial charge in [-0.3, -0.25) is 33.6 Å². The summed E-state index contributed by atoms with van der Waals surface area (Å²) in [5.41, 5.74) is 1.53. The smallest absolute Gasteiger partial charge is 0.490 e. The zero-order valence-corrected chi connectivity index (χ0v) is 44.2. The maximum atomic E-state index is 13.3. The predicted octanol–water partition coefficient (Wildman–Crippen LogP) is 5.64. The van der Waals surface area contributed by atoms with Crippen LogP contribution >= 0.6 is 23.5 Å². The van der Waals surface area contributed by atoms with Gasteiger partial charge in [0.15, 0.2) is 22.4 Å². The number of hydrogen-bond donors (Lipinski definition) is 10. The fourth-order valence-corrected chi connectivity index (χ4v) is 11.6. The molecule has 1 aliphatic carbocycles. The number of anilines is 1. The third-order valence-corrected chi connectivity index (χ3v) is 16.0. The average molecular weight is 1160 g/mol. The first-order valence-corrected chi connectivity index (χ1v) is 28.3. The highest BCUT2D eigenvalue weighted by molar-refractivity contribution is 7.66. The second-order valence-corrected chi connectivity index (χ2v) is 22.2. The lowest BCUT2D eigenvalue weighted by molar-refractivity contribution is -0.385. The van der Waals surface area contributed by atoms with Crippen molar-refractivity contribution in [3.8, 4) is 40.0 Å². The minimum atomic E-state index is -5.78. The van der Waals surface area contributed by atoms with E-state index < -0.39 is 71.4 Å². The number of amides is 2. The highest BCUT2D eigenvalue weighted by Gasteiger charge is 2.43. The van der Waals surface area contributed by atoms with E-state index in [1.165, 1.54) is 77.9 Å². The molecule has 5 aromatic rings. The van der Waals surface area contributed by atoms with E-state index >= 15 is 0 Å². The number of phosphoric acid groups is 3. The predicted molar refractivity (Wildman–Crippen MR) is 279 cm³/mol. The molecule has 10 N–H and O–H groups in total. The molecule has 1 fully saturated rings. The number of nitro benzene ring substituents is 1. The number of imidazole rings is 1. The number of benzene rings is 4. The summed E-state index contributed by atoms with van der Waals surface area (Å²) in [6.07, 6.45) is 0.335. The fourth-order valence-electron chi connectivity index (χ4n) is 8.60. The molecule has 0 saturated carbocycles. The van der Waals surface area contributed by atoms with E-state index in [0.717, 1.165) is 0 Å². The summed E-state index contributed by atoms with van der Waals surface area (Å²) in [5.74, 6) is 3.78. The lowest BCUT2D eigenvalue weighted by Gasteiger charge is -2.19. The number of nitro groups is 1. The van der Waals surface area contributed by atoms with Crippen LogP contribution in [-0.4, -0.2) is 109 Å². The Balaban J connectivity index is 0.802. The molecule has 3 aliphatic rings. The van der Waals surface area contributed by atoms with Crippen molar-refractivity contribution in [2.24, 2.45) is 0 Å². The SMILES string of the molecule is CC(Nc1ncnc2c1ncn2[C@H]1C[C@@H](O)[C@@H](COP(=O)(O)OP(=O)(O)OP(=O)(O)O)O1)c1ccc(C#CCNC(=O)CCCCCNC(=O)c2ccc(C(=O)O)c(-c3c4ccc(=O)cc-4oc4cc(O)ccc34)c2)cc1[N+](=O)[O-]. The van der Waals surface area contributed by atoms with E-state index in [1.807, 2.05) is 0 Å². The van der Waals surface area contributed by atoms with Crippen molar-refractivity contribution >= 4 is 74.9 Å². The molecule has 2 aliphatic heterocycles. The van der Waals surface area contributed by atoms with Gasteiger partial charge in [0.2, 0.25) is 5.91 Å². The van der Waals surface area contributed by atoms with Crippen LogP contribution < -0.4 is 21.4 Å². The number of hydrogen-bond acceptors (Lipinski definition) is 20. The number of aromatic carboxylic acids is 1. The molecular weight excluding hydrogens is 1120 g/mol. The first-order valence-electron chi connectivity index (χ1n) is 23.8. The van der Waals surface area contributed by atoms with Crippen LogP contribution in [0.4, 0.5) is 11.5 Å². The molecule has 4 heterocycles. The first-order chi connectivity index (χ1) is 37.8. The highest BCUT2D eigenvalue weighted by Crippen LogP contribution is 2.66. The number of aromatic hydroxyl groups is 1. The van der Waals surface area contributed by atoms with Gasteiger partial charge in [-0.1, -0.05) is 18.3 Å². The van der Waals surface area contributed by atoms with E-state index in [1.54, 1.807) is 19.1 Å². The lowest BCUT2D eigenvalue weighted by atomic mass is 9.89. The highest BCUT2D eigenvalue weighted by atomic mass is 31.3. The molecule has 29 nitrogen and oxygen atoms in total. The number of rotatable bonds is 22. The van der Waals surface area contributed by atoms with Crippen LogP contribution in [0, 0.1) is 22.0 Å². The first kappa shape index (κ1) is 58.4. The third-order valence-electron chi connectivity index (χ3n) is 12.2. The van der Waals surface area contributed by atoms with Gasteiger partial charge >= 0.3 is 29.4 Å². The topological polar surface area (TPSA) is 434 Å². The number of carbonyl (C=O) groups excluding carboxylic acids is 2. The fraction of sp³-hybridized carbons (Fsp3) is 0.271. The number of phenols is 1. The van der Waals surface area contributed by atoms with Gasteiger partial charge < -0.3 is 60.0 Å². The van der Waals surface area contributed by atoms with Crippen LogP contribution in [0.1, 0.15) is 83.1 Å². The number of nitrogens with one attached hydrogen (secondary N) is 3. The summed E-state index contributed by atoms with van der Waals surface area (Å²) >= 11 is 0. The Hall–Kier alpha value is -7.80. The molecule has 420 valence electrons. The molecule has 2 amide bonds. The van der Waals surface area contributed by atoms with E-state index in [4.69, 9.17) is 18.9 Å². The van der Waals surface area contributed by atoms with Crippen LogP contribution in [-0.2, 0) is 36.4 Å². The third kappa shape index (κ3) is 14.3. The number of fused-ring (bicyclic) bond motifs is 3. The molecule has 80 heavy (non-hydrogen) atoms. The van der Waals surface area contributed by atoms with Crippen molar-refractivity contribution in [1.82, 2.24) is 30.2 Å². The largest absolute Gasteiger partial charge is 0.508 e. The van der Waals surface area contributed by atoms with E-state index in [-0.39, 0.29) is 99.3 Å². The number of aromatic nitrogens is 4. The molecule has 0 spiro atoms. The van der Waals surface area contributed by atoms with Crippen LogP contribution in [0.25, 0.3) is 44.6 Å². The maximum absolute atomic E-state index is 13.3. The Bertz CT molecular complexity index is 3800. The molecule has 0 radical (unpaired) electrons.